The number of ether oxygens (including phenoxy) is 1. The molecule has 0 spiro atoms. The van der Waals surface area contributed by atoms with E-state index in [0.29, 0.717) is 59.3 Å². The van der Waals surface area contributed by atoms with Crippen LogP contribution in [0.3, 0.4) is 0 Å². The Hall–Kier alpha value is -4.33. The summed E-state index contributed by atoms with van der Waals surface area (Å²) in [6.45, 7) is 10.4. The van der Waals surface area contributed by atoms with Gasteiger partial charge >= 0.3 is 0 Å². The van der Waals surface area contributed by atoms with Gasteiger partial charge in [0.15, 0.2) is 0 Å². The third-order valence-electron chi connectivity index (χ3n) is 9.54. The van der Waals surface area contributed by atoms with E-state index in [0.717, 1.165) is 90.8 Å². The molecule has 2 aliphatic rings. The van der Waals surface area contributed by atoms with Crippen LogP contribution in [0.15, 0.2) is 49.3 Å². The number of piperazine rings is 1. The van der Waals surface area contributed by atoms with Gasteiger partial charge in [-0.25, -0.2) is 14.4 Å². The van der Waals surface area contributed by atoms with E-state index in [9.17, 15) is 18.8 Å². The molecular weight excluding hydrogens is 675 g/mol. The summed E-state index contributed by atoms with van der Waals surface area (Å²) in [5, 5.41) is 6.60. The lowest BCUT2D eigenvalue weighted by atomic mass is 10.0. The molecule has 3 aromatic rings. The molecule has 0 radical (unpaired) electrons. The minimum absolute atomic E-state index is 0.0141. The van der Waals surface area contributed by atoms with Crippen LogP contribution in [0.2, 0.25) is 5.02 Å². The number of carbonyl (C=O) groups is 3. The lowest BCUT2D eigenvalue weighted by Crippen LogP contribution is -2.54. The number of unbranched alkanes of at least 4 members (excludes halogenated alkanes) is 3. The monoisotopic (exact) mass is 722 g/mol. The van der Waals surface area contributed by atoms with Gasteiger partial charge in [0.1, 0.15) is 23.7 Å². The smallest absolute Gasteiger partial charge is 0.247 e. The van der Waals surface area contributed by atoms with Crippen molar-refractivity contribution >= 4 is 57.4 Å². The normalized spacial score (nSPS) is 15.8. The number of piperidine rings is 1. The Balaban J connectivity index is 1.06. The summed E-state index contributed by atoms with van der Waals surface area (Å²) in [6, 6.07) is 8.36. The van der Waals surface area contributed by atoms with E-state index in [1.807, 2.05) is 4.90 Å². The molecule has 3 amide bonds. The number of anilines is 3. The minimum Gasteiger partial charge on any atom is -0.491 e. The number of aromatic nitrogens is 2. The van der Waals surface area contributed by atoms with Crippen LogP contribution in [0, 0.1) is 5.82 Å². The Morgan fingerprint density at radius 2 is 1.73 bits per heavy atom. The molecule has 14 heteroatoms. The summed E-state index contributed by atoms with van der Waals surface area (Å²) < 4.78 is 19.9. The number of halogens is 2. The van der Waals surface area contributed by atoms with Crippen molar-refractivity contribution in [3.63, 3.8) is 0 Å². The molecule has 3 heterocycles. The second-order valence-electron chi connectivity index (χ2n) is 13.1. The maximum absolute atomic E-state index is 13.7. The third kappa shape index (κ3) is 11.1. The summed E-state index contributed by atoms with van der Waals surface area (Å²) >= 11 is 5.96. The Kier molecular flexibility index (Phi) is 14.0. The molecule has 2 aliphatic heterocycles. The number of hydrogen-bond acceptors (Lipinski definition) is 9. The average molecular weight is 723 g/mol. The van der Waals surface area contributed by atoms with Crippen LogP contribution in [0.5, 0.6) is 5.75 Å². The van der Waals surface area contributed by atoms with Gasteiger partial charge in [-0.15, -0.1) is 0 Å². The highest BCUT2D eigenvalue weighted by Crippen LogP contribution is 2.34. The molecule has 4 N–H and O–H groups in total. The second-order valence-corrected chi connectivity index (χ2v) is 13.5. The molecule has 0 aliphatic carbocycles. The molecule has 0 saturated carbocycles. The Bertz CT molecular complexity index is 1680. The van der Waals surface area contributed by atoms with Crippen molar-refractivity contribution in [3.8, 4) is 5.75 Å². The van der Waals surface area contributed by atoms with Crippen molar-refractivity contribution in [2.24, 2.45) is 5.73 Å². The number of fused-ring (bicyclic) bond motifs is 1. The summed E-state index contributed by atoms with van der Waals surface area (Å²) in [5.74, 6) is 0.0330. The molecule has 274 valence electrons. The number of nitrogens with two attached hydrogens (primary N) is 1. The van der Waals surface area contributed by atoms with Gasteiger partial charge in [0.05, 0.1) is 22.8 Å². The first-order valence-corrected chi connectivity index (χ1v) is 18.2. The van der Waals surface area contributed by atoms with E-state index in [-0.39, 0.29) is 22.7 Å². The maximum Gasteiger partial charge on any atom is 0.247 e. The molecular formula is C37H48ClFN8O4. The van der Waals surface area contributed by atoms with Gasteiger partial charge in [0, 0.05) is 68.7 Å². The molecule has 12 nitrogen and oxygen atoms in total. The second kappa shape index (κ2) is 18.8. The molecule has 0 bridgehead atoms. The first-order chi connectivity index (χ1) is 24.7. The predicted molar refractivity (Wildman–Crippen MR) is 198 cm³/mol. The molecule has 1 aromatic heterocycles. The van der Waals surface area contributed by atoms with E-state index < -0.39 is 5.82 Å². The van der Waals surface area contributed by atoms with Crippen molar-refractivity contribution in [2.75, 3.05) is 63.1 Å². The van der Waals surface area contributed by atoms with Gasteiger partial charge in [0.25, 0.3) is 0 Å². The average Bonchev–Trinajstić information content (AvgIpc) is 3.13. The number of rotatable bonds is 17. The van der Waals surface area contributed by atoms with Crippen LogP contribution in [0.25, 0.3) is 10.9 Å². The molecule has 2 saturated heterocycles. The SMILES string of the molecule is C=CC(=O)Nc1cc2c(Nc3ccc(F)c(Cl)c3)ncnc2cc1OCCCN1CCC(N2CCN(C(=O)CCCCCCC(N)=O)CC2)CC1. The van der Waals surface area contributed by atoms with Crippen LogP contribution in [0.1, 0.15) is 57.8 Å². The van der Waals surface area contributed by atoms with Crippen molar-refractivity contribution in [1.29, 1.82) is 0 Å². The van der Waals surface area contributed by atoms with Gasteiger partial charge in [-0.05, 0) is 75.5 Å². The Labute approximate surface area is 303 Å². The van der Waals surface area contributed by atoms with E-state index in [1.165, 1.54) is 24.5 Å². The number of benzene rings is 2. The Morgan fingerprint density at radius 3 is 2.43 bits per heavy atom. The largest absolute Gasteiger partial charge is 0.491 e. The molecule has 5 rings (SSSR count). The predicted octanol–water partition coefficient (Wildman–Crippen LogP) is 5.49. The fourth-order valence-electron chi connectivity index (χ4n) is 6.70. The van der Waals surface area contributed by atoms with Gasteiger partial charge in [-0.2, -0.15) is 0 Å². The first-order valence-electron chi connectivity index (χ1n) is 17.8. The topological polar surface area (TPSA) is 146 Å². The summed E-state index contributed by atoms with van der Waals surface area (Å²) in [4.78, 5) is 51.6. The summed E-state index contributed by atoms with van der Waals surface area (Å²) in [5.41, 5.74) is 6.80. The fraction of sp³-hybridized carbons (Fsp3) is 0.486. The highest BCUT2D eigenvalue weighted by molar-refractivity contribution is 6.31. The van der Waals surface area contributed by atoms with Crippen LogP contribution >= 0.6 is 11.6 Å². The van der Waals surface area contributed by atoms with Crippen LogP contribution in [-0.4, -0.2) is 101 Å². The number of hydrogen-bond donors (Lipinski definition) is 3. The van der Waals surface area contributed by atoms with E-state index in [2.05, 4.69) is 37.0 Å². The quantitative estimate of drug-likeness (QED) is 0.122. The number of nitrogens with one attached hydrogen (secondary N) is 2. The molecule has 51 heavy (non-hydrogen) atoms. The summed E-state index contributed by atoms with van der Waals surface area (Å²) in [6.07, 6.45) is 10.2. The zero-order valence-electron chi connectivity index (χ0n) is 29.0. The zero-order chi connectivity index (χ0) is 36.2. The highest BCUT2D eigenvalue weighted by Gasteiger charge is 2.28. The van der Waals surface area contributed by atoms with Crippen molar-refractivity contribution in [1.82, 2.24) is 24.7 Å². The Morgan fingerprint density at radius 1 is 0.980 bits per heavy atom. The lowest BCUT2D eigenvalue weighted by molar-refractivity contribution is -0.133. The standard InChI is InChI=1S/C37H48ClFN8O4/c1-2-35(49)44-32-23-28-31(41-25-42-37(28)43-26-10-11-30(39)29(38)22-26)24-33(32)51-21-7-14-45-15-12-27(13-16-45)46-17-19-47(20-18-46)36(50)9-6-4-3-5-8-34(40)48/h2,10-11,22-25,27H,1,3-9,12-21H2,(H2,40,48)(H,44,49)(H,41,42,43). The van der Waals surface area contributed by atoms with Gasteiger partial charge in [-0.3, -0.25) is 19.3 Å². The third-order valence-corrected chi connectivity index (χ3v) is 9.83. The maximum atomic E-state index is 13.7. The number of primary amides is 1. The number of carbonyl (C=O) groups excluding carboxylic acids is 3. The molecule has 0 atom stereocenters. The van der Waals surface area contributed by atoms with Gasteiger partial charge < -0.3 is 30.9 Å². The fourth-order valence-corrected chi connectivity index (χ4v) is 6.88. The molecule has 2 fully saturated rings. The highest BCUT2D eigenvalue weighted by atomic mass is 35.5. The van der Waals surface area contributed by atoms with Crippen LogP contribution < -0.4 is 21.1 Å². The van der Waals surface area contributed by atoms with E-state index in [1.54, 1.807) is 18.2 Å². The van der Waals surface area contributed by atoms with Crippen molar-refractivity contribution < 1.29 is 23.5 Å². The van der Waals surface area contributed by atoms with Crippen molar-refractivity contribution in [2.45, 2.75) is 63.8 Å². The van der Waals surface area contributed by atoms with Gasteiger partial charge in [0.2, 0.25) is 17.7 Å². The number of nitrogens with zero attached hydrogens (tertiary/aromatic N) is 5. The molecule has 0 unspecified atom stereocenters. The van der Waals surface area contributed by atoms with Crippen LogP contribution in [0.4, 0.5) is 21.6 Å². The van der Waals surface area contributed by atoms with E-state index >= 15 is 0 Å². The van der Waals surface area contributed by atoms with Crippen LogP contribution in [-0.2, 0) is 14.4 Å². The number of likely N-dealkylation sites (tertiary alicyclic amines) is 1. The lowest BCUT2D eigenvalue weighted by Gasteiger charge is -2.42. The van der Waals surface area contributed by atoms with E-state index in [4.69, 9.17) is 22.1 Å². The first kappa shape index (κ1) is 37.9. The van der Waals surface area contributed by atoms with Crippen molar-refractivity contribution in [3.05, 3.63) is 60.2 Å². The number of amides is 3. The van der Waals surface area contributed by atoms with Gasteiger partial charge in [-0.1, -0.05) is 31.0 Å². The molecule has 2 aromatic carbocycles. The zero-order valence-corrected chi connectivity index (χ0v) is 29.8. The minimum atomic E-state index is -0.519. The summed E-state index contributed by atoms with van der Waals surface area (Å²) in [7, 11) is 0.